The Bertz CT molecular complexity index is 185. The lowest BCUT2D eigenvalue weighted by atomic mass is 10.1. The molecule has 0 fully saturated rings. The van der Waals surface area contributed by atoms with Crippen molar-refractivity contribution in [3.05, 3.63) is 23.8 Å². The van der Waals surface area contributed by atoms with Crippen molar-refractivity contribution in [2.45, 2.75) is 25.1 Å². The first kappa shape index (κ1) is 13.4. The van der Waals surface area contributed by atoms with Crippen LogP contribution in [0.3, 0.4) is 0 Å². The van der Waals surface area contributed by atoms with Crippen LogP contribution in [0.2, 0.25) is 0 Å². The molecule has 13 heavy (non-hydrogen) atoms. The van der Waals surface area contributed by atoms with Crippen LogP contribution in [0, 0.1) is 0 Å². The number of hydrogen-bond acceptors (Lipinski definition) is 0. The minimum absolute atomic E-state index is 0.0435. The molecule has 0 amide bonds. The smallest absolute Gasteiger partial charge is 0.0543 e. The van der Waals surface area contributed by atoms with Gasteiger partial charge in [-0.1, -0.05) is 23.8 Å². The van der Waals surface area contributed by atoms with Gasteiger partial charge in [0.25, 0.3) is 0 Å². The van der Waals surface area contributed by atoms with E-state index in [1.54, 1.807) is 0 Å². The SMILES string of the molecule is C=C(C)[C@H](Cl)CC/C(=C/CCl)CCl. The summed E-state index contributed by atoms with van der Waals surface area (Å²) in [6.45, 7) is 5.73. The van der Waals surface area contributed by atoms with Crippen molar-refractivity contribution in [1.82, 2.24) is 0 Å². The molecule has 0 heterocycles. The average Bonchev–Trinajstić information content (AvgIpc) is 2.11. The summed E-state index contributed by atoms with van der Waals surface area (Å²) in [6, 6.07) is 0. The van der Waals surface area contributed by atoms with Gasteiger partial charge in [0, 0.05) is 11.8 Å². The highest BCUT2D eigenvalue weighted by atomic mass is 35.5. The highest BCUT2D eigenvalue weighted by molar-refractivity contribution is 6.22. The van der Waals surface area contributed by atoms with Crippen molar-refractivity contribution < 1.29 is 0 Å². The Labute approximate surface area is 95.6 Å². The lowest BCUT2D eigenvalue weighted by molar-refractivity contribution is 0.812. The van der Waals surface area contributed by atoms with Crippen LogP contribution in [0.15, 0.2) is 23.8 Å². The first-order valence-electron chi connectivity index (χ1n) is 4.21. The van der Waals surface area contributed by atoms with Gasteiger partial charge in [-0.25, -0.2) is 0 Å². The van der Waals surface area contributed by atoms with Crippen LogP contribution in [0.25, 0.3) is 0 Å². The summed E-state index contributed by atoms with van der Waals surface area (Å²) in [5.74, 6) is 1.05. The van der Waals surface area contributed by atoms with Crippen LogP contribution in [0.1, 0.15) is 19.8 Å². The van der Waals surface area contributed by atoms with Crippen LogP contribution < -0.4 is 0 Å². The Hall–Kier alpha value is 0.350. The molecule has 0 nitrogen and oxygen atoms in total. The summed E-state index contributed by atoms with van der Waals surface area (Å²) in [4.78, 5) is 0. The largest absolute Gasteiger partial charge is 0.122 e. The molecule has 0 aliphatic carbocycles. The minimum Gasteiger partial charge on any atom is -0.122 e. The first-order valence-corrected chi connectivity index (χ1v) is 5.71. The van der Waals surface area contributed by atoms with Crippen LogP contribution >= 0.6 is 34.8 Å². The Morgan fingerprint density at radius 1 is 1.46 bits per heavy atom. The fraction of sp³-hybridized carbons (Fsp3) is 0.600. The Morgan fingerprint density at radius 3 is 2.46 bits per heavy atom. The molecule has 0 N–H and O–H groups in total. The van der Waals surface area contributed by atoms with Crippen LogP contribution in [-0.2, 0) is 0 Å². The van der Waals surface area contributed by atoms with E-state index in [1.165, 1.54) is 0 Å². The fourth-order valence-electron chi connectivity index (χ4n) is 0.891. The minimum atomic E-state index is 0.0435. The molecule has 0 aliphatic heterocycles. The van der Waals surface area contributed by atoms with Gasteiger partial charge in [-0.15, -0.1) is 34.8 Å². The summed E-state index contributed by atoms with van der Waals surface area (Å²) in [5, 5.41) is 0.0435. The molecular weight excluding hydrogens is 226 g/mol. The fourth-order valence-corrected chi connectivity index (χ4v) is 1.46. The van der Waals surface area contributed by atoms with E-state index in [9.17, 15) is 0 Å². The molecule has 0 spiro atoms. The van der Waals surface area contributed by atoms with E-state index in [4.69, 9.17) is 34.8 Å². The predicted octanol–water partition coefficient (Wildman–Crippen LogP) is 4.35. The van der Waals surface area contributed by atoms with Gasteiger partial charge in [0.1, 0.15) is 0 Å². The zero-order valence-electron chi connectivity index (χ0n) is 7.82. The number of halogens is 3. The highest BCUT2D eigenvalue weighted by Crippen LogP contribution is 2.17. The second-order valence-electron chi connectivity index (χ2n) is 3.00. The second kappa shape index (κ2) is 7.73. The molecule has 0 aliphatic rings. The van der Waals surface area contributed by atoms with Gasteiger partial charge >= 0.3 is 0 Å². The molecule has 0 bridgehead atoms. The zero-order valence-corrected chi connectivity index (χ0v) is 10.1. The molecule has 0 aromatic carbocycles. The Morgan fingerprint density at radius 2 is 2.08 bits per heavy atom. The zero-order chi connectivity index (χ0) is 10.3. The van der Waals surface area contributed by atoms with Gasteiger partial charge in [0.15, 0.2) is 0 Å². The molecular formula is C10H15Cl3. The van der Waals surface area contributed by atoms with Gasteiger partial charge < -0.3 is 0 Å². The lowest BCUT2D eigenvalue weighted by Crippen LogP contribution is -2.00. The maximum Gasteiger partial charge on any atom is 0.0543 e. The van der Waals surface area contributed by atoms with E-state index in [1.807, 2.05) is 13.0 Å². The van der Waals surface area contributed by atoms with E-state index >= 15 is 0 Å². The Balaban J connectivity index is 3.85. The summed E-state index contributed by atoms with van der Waals surface area (Å²) in [5.41, 5.74) is 2.16. The molecule has 0 unspecified atom stereocenters. The maximum atomic E-state index is 6.01. The predicted molar refractivity (Wildman–Crippen MR) is 63.2 cm³/mol. The van der Waals surface area contributed by atoms with Crippen molar-refractivity contribution in [1.29, 1.82) is 0 Å². The number of allylic oxidation sites excluding steroid dienone is 3. The van der Waals surface area contributed by atoms with Crippen molar-refractivity contribution >= 4 is 34.8 Å². The Kier molecular flexibility index (Phi) is 7.93. The van der Waals surface area contributed by atoms with Crippen molar-refractivity contribution in [3.63, 3.8) is 0 Å². The summed E-state index contributed by atoms with van der Waals surface area (Å²) in [7, 11) is 0. The van der Waals surface area contributed by atoms with Crippen LogP contribution in [-0.4, -0.2) is 17.1 Å². The molecule has 0 aromatic rings. The normalized spacial score (nSPS) is 14.3. The van der Waals surface area contributed by atoms with Gasteiger partial charge in [0.2, 0.25) is 0 Å². The van der Waals surface area contributed by atoms with Gasteiger partial charge in [-0.05, 0) is 19.8 Å². The van der Waals surface area contributed by atoms with Crippen molar-refractivity contribution in [2.24, 2.45) is 0 Å². The van der Waals surface area contributed by atoms with Crippen LogP contribution in [0.4, 0.5) is 0 Å². The van der Waals surface area contributed by atoms with Crippen molar-refractivity contribution in [3.8, 4) is 0 Å². The molecule has 0 radical (unpaired) electrons. The van der Waals surface area contributed by atoms with E-state index in [0.29, 0.717) is 11.8 Å². The topological polar surface area (TPSA) is 0 Å². The van der Waals surface area contributed by atoms with Gasteiger partial charge in [-0.2, -0.15) is 0 Å². The summed E-state index contributed by atoms with van der Waals surface area (Å²) < 4.78 is 0. The third kappa shape index (κ3) is 6.42. The van der Waals surface area contributed by atoms with Gasteiger partial charge in [0.05, 0.1) is 5.38 Å². The molecule has 3 heteroatoms. The monoisotopic (exact) mass is 240 g/mol. The van der Waals surface area contributed by atoms with E-state index < -0.39 is 0 Å². The summed E-state index contributed by atoms with van der Waals surface area (Å²) >= 11 is 17.3. The van der Waals surface area contributed by atoms with Crippen molar-refractivity contribution in [2.75, 3.05) is 11.8 Å². The quantitative estimate of drug-likeness (QED) is 0.479. The maximum absolute atomic E-state index is 6.01. The van der Waals surface area contributed by atoms with Gasteiger partial charge in [-0.3, -0.25) is 0 Å². The average molecular weight is 242 g/mol. The number of hydrogen-bond donors (Lipinski definition) is 0. The van der Waals surface area contributed by atoms with E-state index in [2.05, 4.69) is 6.58 Å². The number of rotatable bonds is 6. The van der Waals surface area contributed by atoms with Crippen LogP contribution in [0.5, 0.6) is 0 Å². The van der Waals surface area contributed by atoms with E-state index in [-0.39, 0.29) is 5.38 Å². The third-order valence-corrected chi connectivity index (χ3v) is 2.88. The number of alkyl halides is 3. The lowest BCUT2D eigenvalue weighted by Gasteiger charge is -2.09. The first-order chi connectivity index (χ1) is 6.11. The third-order valence-electron chi connectivity index (χ3n) is 1.79. The molecule has 0 saturated heterocycles. The molecule has 76 valence electrons. The highest BCUT2D eigenvalue weighted by Gasteiger charge is 2.05. The molecule has 0 aromatic heterocycles. The molecule has 0 rings (SSSR count). The second-order valence-corrected chi connectivity index (χ2v) is 4.11. The standard InChI is InChI=1S/C10H15Cl3/c1-8(2)10(13)4-3-9(7-12)5-6-11/h5,10H,1,3-4,6-7H2,2H3/b9-5-/t10-/m1/s1. The summed E-state index contributed by atoms with van der Waals surface area (Å²) in [6.07, 6.45) is 3.72. The molecule has 1 atom stereocenters. The molecule has 0 saturated carbocycles. The van der Waals surface area contributed by atoms with E-state index in [0.717, 1.165) is 24.0 Å².